The maximum atomic E-state index is 11.3. The standard InChI is InChI=1S/C15H17N5O3/c1-8(21)11-5-6-12(23-11)10-4-3-9(7-13(10)22-2)19-15(18)20-14(16)17/h3-7H,1-2H3,(H6,16,17,18,19,20). The lowest BCUT2D eigenvalue weighted by atomic mass is 10.1. The number of aliphatic imine (C=N–C) groups is 2. The summed E-state index contributed by atoms with van der Waals surface area (Å²) in [6.07, 6.45) is 0. The van der Waals surface area contributed by atoms with Crippen LogP contribution < -0.4 is 21.9 Å². The number of methoxy groups -OCH3 is 1. The fourth-order valence-corrected chi connectivity index (χ4v) is 1.91. The maximum Gasteiger partial charge on any atom is 0.223 e. The van der Waals surface area contributed by atoms with Crippen molar-refractivity contribution >= 4 is 23.4 Å². The Morgan fingerprint density at radius 2 is 1.91 bits per heavy atom. The summed E-state index contributed by atoms with van der Waals surface area (Å²) < 4.78 is 10.8. The molecule has 0 saturated carbocycles. The van der Waals surface area contributed by atoms with Crippen molar-refractivity contribution in [3.05, 3.63) is 36.1 Å². The highest BCUT2D eigenvalue weighted by Crippen LogP contribution is 2.34. The van der Waals surface area contributed by atoms with Crippen molar-refractivity contribution in [3.63, 3.8) is 0 Å². The van der Waals surface area contributed by atoms with Gasteiger partial charge in [-0.15, -0.1) is 0 Å². The molecule has 0 spiro atoms. The molecule has 1 aromatic heterocycles. The van der Waals surface area contributed by atoms with Crippen molar-refractivity contribution in [2.75, 3.05) is 7.11 Å². The molecule has 6 N–H and O–H groups in total. The number of carbonyl (C=O) groups is 1. The molecule has 2 rings (SSSR count). The summed E-state index contributed by atoms with van der Waals surface area (Å²) >= 11 is 0. The Kier molecular flexibility index (Phi) is 4.65. The van der Waals surface area contributed by atoms with Gasteiger partial charge >= 0.3 is 0 Å². The van der Waals surface area contributed by atoms with Crippen molar-refractivity contribution in [1.29, 1.82) is 0 Å². The van der Waals surface area contributed by atoms with Gasteiger partial charge in [0, 0.05) is 13.0 Å². The number of nitrogens with zero attached hydrogens (tertiary/aromatic N) is 2. The van der Waals surface area contributed by atoms with Gasteiger partial charge in [-0.05, 0) is 24.3 Å². The number of benzene rings is 1. The molecule has 23 heavy (non-hydrogen) atoms. The van der Waals surface area contributed by atoms with E-state index in [1.165, 1.54) is 14.0 Å². The molecule has 2 aromatic rings. The fraction of sp³-hybridized carbons (Fsp3) is 0.133. The molecular weight excluding hydrogens is 298 g/mol. The summed E-state index contributed by atoms with van der Waals surface area (Å²) in [5.41, 5.74) is 17.2. The van der Waals surface area contributed by atoms with E-state index in [2.05, 4.69) is 9.98 Å². The van der Waals surface area contributed by atoms with Crippen LogP contribution in [0.3, 0.4) is 0 Å². The predicted octanol–water partition coefficient (Wildman–Crippen LogP) is 1.38. The number of guanidine groups is 2. The summed E-state index contributed by atoms with van der Waals surface area (Å²) in [4.78, 5) is 19.0. The first-order chi connectivity index (χ1) is 10.9. The summed E-state index contributed by atoms with van der Waals surface area (Å²) in [5.74, 6) is 0.898. The Labute approximate surface area is 132 Å². The van der Waals surface area contributed by atoms with Crippen LogP contribution in [0, 0.1) is 0 Å². The smallest absolute Gasteiger partial charge is 0.223 e. The second kappa shape index (κ2) is 6.65. The van der Waals surface area contributed by atoms with Crippen LogP contribution in [0.5, 0.6) is 5.75 Å². The molecular formula is C15H17N5O3. The van der Waals surface area contributed by atoms with Crippen LogP contribution in [-0.4, -0.2) is 24.8 Å². The van der Waals surface area contributed by atoms with Crippen molar-refractivity contribution in [2.24, 2.45) is 27.2 Å². The van der Waals surface area contributed by atoms with Gasteiger partial charge in [-0.2, -0.15) is 4.99 Å². The van der Waals surface area contributed by atoms with Crippen molar-refractivity contribution in [1.82, 2.24) is 0 Å². The van der Waals surface area contributed by atoms with Gasteiger partial charge < -0.3 is 26.4 Å². The number of ether oxygens (including phenoxy) is 1. The van der Waals surface area contributed by atoms with E-state index < -0.39 is 0 Å². The predicted molar refractivity (Wildman–Crippen MR) is 87.8 cm³/mol. The van der Waals surface area contributed by atoms with E-state index in [0.717, 1.165) is 0 Å². The van der Waals surface area contributed by atoms with Crippen LogP contribution >= 0.6 is 0 Å². The molecule has 0 unspecified atom stereocenters. The molecule has 0 aliphatic heterocycles. The number of carbonyl (C=O) groups excluding carboxylic acids is 1. The highest BCUT2D eigenvalue weighted by Gasteiger charge is 2.13. The van der Waals surface area contributed by atoms with Gasteiger partial charge in [0.1, 0.15) is 11.5 Å². The third kappa shape index (κ3) is 3.88. The second-order valence-corrected chi connectivity index (χ2v) is 4.61. The van der Waals surface area contributed by atoms with Crippen LogP contribution in [0.2, 0.25) is 0 Å². The average Bonchev–Trinajstić information content (AvgIpc) is 2.96. The Balaban J connectivity index is 2.40. The zero-order valence-corrected chi connectivity index (χ0v) is 12.7. The maximum absolute atomic E-state index is 11.3. The van der Waals surface area contributed by atoms with Gasteiger partial charge in [0.2, 0.25) is 5.96 Å². The summed E-state index contributed by atoms with van der Waals surface area (Å²) in [5, 5.41) is 0. The number of ketones is 1. The quantitative estimate of drug-likeness (QED) is 0.442. The van der Waals surface area contributed by atoms with Gasteiger partial charge in [-0.25, -0.2) is 4.99 Å². The summed E-state index contributed by atoms with van der Waals surface area (Å²) in [7, 11) is 1.51. The first-order valence-corrected chi connectivity index (χ1v) is 6.63. The van der Waals surface area contributed by atoms with Gasteiger partial charge in [-0.3, -0.25) is 4.79 Å². The number of nitrogens with two attached hydrogens (primary N) is 3. The van der Waals surface area contributed by atoms with E-state index in [-0.39, 0.29) is 23.5 Å². The highest BCUT2D eigenvalue weighted by molar-refractivity contribution is 5.94. The van der Waals surface area contributed by atoms with Crippen LogP contribution in [0.25, 0.3) is 11.3 Å². The van der Waals surface area contributed by atoms with Gasteiger partial charge in [0.05, 0.1) is 18.4 Å². The molecule has 0 bridgehead atoms. The van der Waals surface area contributed by atoms with Gasteiger partial charge in [-0.1, -0.05) is 0 Å². The van der Waals surface area contributed by atoms with E-state index in [1.807, 2.05) is 0 Å². The first kappa shape index (κ1) is 16.1. The molecule has 8 nitrogen and oxygen atoms in total. The van der Waals surface area contributed by atoms with Crippen LogP contribution in [0.4, 0.5) is 5.69 Å². The third-order valence-electron chi connectivity index (χ3n) is 2.89. The zero-order valence-electron chi connectivity index (χ0n) is 12.7. The molecule has 0 fully saturated rings. The number of rotatable bonds is 4. The van der Waals surface area contributed by atoms with Gasteiger partial charge in [0.25, 0.3) is 0 Å². The number of hydrogen-bond donors (Lipinski definition) is 3. The molecule has 0 saturated heterocycles. The minimum atomic E-state index is -0.179. The summed E-state index contributed by atoms with van der Waals surface area (Å²) in [6, 6.07) is 8.40. The Hall–Kier alpha value is -3.29. The monoisotopic (exact) mass is 315 g/mol. The van der Waals surface area contributed by atoms with E-state index in [4.69, 9.17) is 26.4 Å². The summed E-state index contributed by atoms with van der Waals surface area (Å²) in [6.45, 7) is 1.43. The molecule has 1 aromatic carbocycles. The van der Waals surface area contributed by atoms with Crippen LogP contribution in [0.1, 0.15) is 17.5 Å². The number of hydrogen-bond acceptors (Lipinski definition) is 4. The normalized spacial score (nSPS) is 11.1. The highest BCUT2D eigenvalue weighted by atomic mass is 16.5. The van der Waals surface area contributed by atoms with Crippen molar-refractivity contribution < 1.29 is 13.9 Å². The van der Waals surface area contributed by atoms with Crippen molar-refractivity contribution in [3.8, 4) is 17.1 Å². The molecule has 120 valence electrons. The van der Waals surface area contributed by atoms with E-state index >= 15 is 0 Å². The van der Waals surface area contributed by atoms with E-state index in [9.17, 15) is 4.79 Å². The minimum Gasteiger partial charge on any atom is -0.496 e. The minimum absolute atomic E-state index is 0.0725. The molecule has 0 amide bonds. The van der Waals surface area contributed by atoms with Gasteiger partial charge in [0.15, 0.2) is 17.5 Å². The largest absolute Gasteiger partial charge is 0.496 e. The molecule has 8 heteroatoms. The molecule has 0 aliphatic carbocycles. The first-order valence-electron chi connectivity index (χ1n) is 6.63. The second-order valence-electron chi connectivity index (χ2n) is 4.61. The van der Waals surface area contributed by atoms with Crippen molar-refractivity contribution in [2.45, 2.75) is 6.92 Å². The molecule has 1 heterocycles. The Morgan fingerprint density at radius 3 is 2.48 bits per heavy atom. The number of furan rings is 1. The average molecular weight is 315 g/mol. The van der Waals surface area contributed by atoms with E-state index in [0.29, 0.717) is 22.8 Å². The SMILES string of the molecule is COc1cc(N=C(N)N=C(N)N)ccc1-c1ccc(C(C)=O)o1. The zero-order chi connectivity index (χ0) is 17.0. The van der Waals surface area contributed by atoms with Crippen LogP contribution in [-0.2, 0) is 0 Å². The fourth-order valence-electron chi connectivity index (χ4n) is 1.91. The Bertz CT molecular complexity index is 788. The third-order valence-corrected chi connectivity index (χ3v) is 2.89. The Morgan fingerprint density at radius 1 is 1.17 bits per heavy atom. The lowest BCUT2D eigenvalue weighted by Crippen LogP contribution is -2.26. The number of Topliss-reactive ketones (excluding diaryl/α,β-unsaturated/α-hetero) is 1. The molecule has 0 atom stereocenters. The topological polar surface area (TPSA) is 142 Å². The lowest BCUT2D eigenvalue weighted by Gasteiger charge is -2.07. The molecule has 0 radical (unpaired) electrons. The van der Waals surface area contributed by atoms with E-state index in [1.54, 1.807) is 30.3 Å². The van der Waals surface area contributed by atoms with Crippen LogP contribution in [0.15, 0.2) is 44.7 Å². The molecule has 0 aliphatic rings. The lowest BCUT2D eigenvalue weighted by molar-refractivity contribution is 0.0988.